The minimum Gasteiger partial charge on any atom is -0.374 e. The number of benzene rings is 2. The third-order valence-electron chi connectivity index (χ3n) is 6.77. The predicted molar refractivity (Wildman–Crippen MR) is 126 cm³/mol. The van der Waals surface area contributed by atoms with Crippen molar-refractivity contribution in [3.05, 3.63) is 69.0 Å². The molecule has 0 bridgehead atoms. The van der Waals surface area contributed by atoms with Crippen molar-refractivity contribution in [2.75, 3.05) is 13.1 Å². The van der Waals surface area contributed by atoms with Gasteiger partial charge in [-0.05, 0) is 48.7 Å². The minimum absolute atomic E-state index is 0.00321. The molecule has 0 radical (unpaired) electrons. The first-order chi connectivity index (χ1) is 19.2. The van der Waals surface area contributed by atoms with Gasteiger partial charge >= 0.3 is 18.5 Å². The molecule has 2 aliphatic heterocycles. The lowest BCUT2D eigenvalue weighted by molar-refractivity contribution is -0.292. The molecule has 2 amide bonds. The molecule has 1 N–H and O–H groups in total. The second-order valence-electron chi connectivity index (χ2n) is 9.66. The molecule has 17 heteroatoms. The van der Waals surface area contributed by atoms with E-state index >= 15 is 0 Å². The van der Waals surface area contributed by atoms with Gasteiger partial charge in [0.2, 0.25) is 5.91 Å². The fourth-order valence-corrected chi connectivity index (χ4v) is 4.81. The maximum Gasteiger partial charge on any atom is 0.435 e. The lowest BCUT2D eigenvalue weighted by Crippen LogP contribution is -2.65. The normalized spacial score (nSPS) is 21.4. The van der Waals surface area contributed by atoms with E-state index in [1.54, 1.807) is 0 Å². The molecule has 2 heterocycles. The Morgan fingerprint density at radius 1 is 1.12 bits per heavy atom. The van der Waals surface area contributed by atoms with Crippen LogP contribution in [-0.4, -0.2) is 53.9 Å². The van der Waals surface area contributed by atoms with E-state index in [1.165, 1.54) is 25.1 Å². The molecule has 2 atom stereocenters. The van der Waals surface area contributed by atoms with Crippen LogP contribution in [0.3, 0.4) is 0 Å². The van der Waals surface area contributed by atoms with Crippen molar-refractivity contribution in [1.29, 1.82) is 0 Å². The first-order valence-corrected chi connectivity index (χ1v) is 12.3. The highest BCUT2D eigenvalue weighted by Crippen LogP contribution is 2.50. The van der Waals surface area contributed by atoms with E-state index in [1.807, 2.05) is 0 Å². The number of oxime groups is 1. The van der Waals surface area contributed by atoms with Gasteiger partial charge < -0.3 is 15.1 Å². The molecule has 2 aliphatic rings. The number of β-lactam (4-membered cyclic amide) rings is 1. The van der Waals surface area contributed by atoms with Crippen LogP contribution in [0.25, 0.3) is 0 Å². The summed E-state index contributed by atoms with van der Waals surface area (Å²) < 4.78 is 134. The number of halogens is 11. The zero-order chi connectivity index (χ0) is 31.4. The Hall–Kier alpha value is -3.56. The van der Waals surface area contributed by atoms with Crippen LogP contribution in [0.1, 0.15) is 45.5 Å². The summed E-state index contributed by atoms with van der Waals surface area (Å²) in [6, 6.07) is 2.79. The van der Waals surface area contributed by atoms with Gasteiger partial charge in [-0.3, -0.25) is 9.59 Å². The van der Waals surface area contributed by atoms with E-state index in [0.717, 1.165) is 0 Å². The standard InChI is InChI=1S/C25H18ClF10N3O3/c1-11-6-12(2-3-14(11)20(40)37-18-9-39(21(18)41)10-23(28,29)30)17-4-5-22(42-38-17,25(34,35)36)15-7-13(24(31,32)33)8-16(26)19(15)27/h2-3,6-8,18H,4-5,9-10H2,1H3,(H,37,40)/t18-,22+/m0/s1. The molecule has 0 unspecified atom stereocenters. The Labute approximate surface area is 235 Å². The summed E-state index contributed by atoms with van der Waals surface area (Å²) >= 11 is 5.49. The molecule has 2 aromatic carbocycles. The fourth-order valence-electron chi connectivity index (χ4n) is 4.59. The summed E-state index contributed by atoms with van der Waals surface area (Å²) in [5, 5.41) is 4.57. The number of alkyl halides is 9. The third-order valence-corrected chi connectivity index (χ3v) is 7.04. The Bertz CT molecular complexity index is 1450. The number of hydrogen-bond donors (Lipinski definition) is 1. The largest absolute Gasteiger partial charge is 0.435 e. The number of amides is 2. The SMILES string of the molecule is Cc1cc(C2=NO[C@](c3cc(C(F)(F)F)cc(Cl)c3F)(C(F)(F)F)CC2)ccc1C(=O)N[C@H]1CN(CC(F)(F)F)C1=O. The molecule has 2 aromatic rings. The Morgan fingerprint density at radius 2 is 1.79 bits per heavy atom. The highest BCUT2D eigenvalue weighted by Gasteiger charge is 2.62. The van der Waals surface area contributed by atoms with Crippen LogP contribution in [0.15, 0.2) is 35.5 Å². The van der Waals surface area contributed by atoms with Gasteiger partial charge in [-0.2, -0.15) is 39.5 Å². The molecule has 1 saturated heterocycles. The predicted octanol–water partition coefficient (Wildman–Crippen LogP) is 6.28. The van der Waals surface area contributed by atoms with Gasteiger partial charge in [0.05, 0.1) is 22.8 Å². The molecule has 0 aliphatic carbocycles. The number of nitrogens with one attached hydrogen (secondary N) is 1. The number of rotatable bonds is 5. The lowest BCUT2D eigenvalue weighted by Gasteiger charge is -2.39. The van der Waals surface area contributed by atoms with Gasteiger partial charge in [-0.15, -0.1) is 0 Å². The highest BCUT2D eigenvalue weighted by molar-refractivity contribution is 6.30. The van der Waals surface area contributed by atoms with E-state index in [2.05, 4.69) is 10.5 Å². The van der Waals surface area contributed by atoms with Gasteiger partial charge in [0.15, 0.2) is 0 Å². The van der Waals surface area contributed by atoms with Crippen molar-refractivity contribution in [2.24, 2.45) is 5.16 Å². The molecule has 4 rings (SSSR count). The van der Waals surface area contributed by atoms with E-state index in [9.17, 15) is 53.5 Å². The van der Waals surface area contributed by atoms with Crippen molar-refractivity contribution in [3.8, 4) is 0 Å². The summed E-state index contributed by atoms with van der Waals surface area (Å²) in [6.45, 7) is -0.381. The molecule has 6 nitrogen and oxygen atoms in total. The number of likely N-dealkylation sites (tertiary alicyclic amines) is 1. The molecule has 1 fully saturated rings. The first-order valence-electron chi connectivity index (χ1n) is 11.9. The summed E-state index contributed by atoms with van der Waals surface area (Å²) in [7, 11) is 0. The summed E-state index contributed by atoms with van der Waals surface area (Å²) in [4.78, 5) is 29.7. The number of carbonyl (C=O) groups excluding carboxylic acids is 2. The van der Waals surface area contributed by atoms with Gasteiger partial charge in [0.1, 0.15) is 18.4 Å². The van der Waals surface area contributed by atoms with Crippen LogP contribution < -0.4 is 5.32 Å². The van der Waals surface area contributed by atoms with E-state index in [4.69, 9.17) is 16.4 Å². The molecule has 42 heavy (non-hydrogen) atoms. The molecular formula is C25H18ClF10N3O3. The van der Waals surface area contributed by atoms with Crippen molar-refractivity contribution >= 4 is 29.1 Å². The van der Waals surface area contributed by atoms with Crippen molar-refractivity contribution in [1.82, 2.24) is 10.2 Å². The Balaban J connectivity index is 1.55. The molecule has 0 aromatic heterocycles. The maximum atomic E-state index is 14.7. The number of carbonyl (C=O) groups is 2. The van der Waals surface area contributed by atoms with Crippen LogP contribution >= 0.6 is 11.6 Å². The van der Waals surface area contributed by atoms with Crippen LogP contribution in [0.2, 0.25) is 5.02 Å². The summed E-state index contributed by atoms with van der Waals surface area (Å²) in [5.74, 6) is -3.47. The zero-order valence-corrected chi connectivity index (χ0v) is 21.8. The second kappa shape index (κ2) is 10.6. The van der Waals surface area contributed by atoms with Gasteiger partial charge in [0, 0.05) is 17.5 Å². The van der Waals surface area contributed by atoms with Gasteiger partial charge in [-0.25, -0.2) is 4.39 Å². The average Bonchev–Trinajstić information content (AvgIpc) is 2.87. The fraction of sp³-hybridized carbons (Fsp3) is 0.400. The topological polar surface area (TPSA) is 71.0 Å². The lowest BCUT2D eigenvalue weighted by atomic mass is 9.84. The summed E-state index contributed by atoms with van der Waals surface area (Å²) in [5.41, 5.74) is -6.38. The molecule has 0 spiro atoms. The van der Waals surface area contributed by atoms with Crippen molar-refractivity contribution in [2.45, 2.75) is 49.9 Å². The van der Waals surface area contributed by atoms with Gasteiger partial charge in [0.25, 0.3) is 11.5 Å². The average molecular weight is 634 g/mol. The summed E-state index contributed by atoms with van der Waals surface area (Å²) in [6.07, 6.45) is -16.8. The number of nitrogens with zero attached hydrogens (tertiary/aromatic N) is 2. The van der Waals surface area contributed by atoms with Gasteiger partial charge in [-0.1, -0.05) is 22.8 Å². The maximum absolute atomic E-state index is 14.7. The number of aryl methyl sites for hydroxylation is 1. The van der Waals surface area contributed by atoms with Crippen LogP contribution in [0, 0.1) is 12.7 Å². The van der Waals surface area contributed by atoms with Crippen molar-refractivity contribution < 1.29 is 58.3 Å². The first kappa shape index (κ1) is 31.4. The Kier molecular flexibility index (Phi) is 7.93. The van der Waals surface area contributed by atoms with Crippen molar-refractivity contribution in [3.63, 3.8) is 0 Å². The van der Waals surface area contributed by atoms with E-state index < -0.39 is 83.3 Å². The quantitative estimate of drug-likeness (QED) is 0.311. The van der Waals surface area contributed by atoms with Crippen LogP contribution in [0.5, 0.6) is 0 Å². The van der Waals surface area contributed by atoms with E-state index in [0.29, 0.717) is 4.90 Å². The smallest absolute Gasteiger partial charge is 0.374 e. The van der Waals surface area contributed by atoms with Crippen LogP contribution in [-0.2, 0) is 21.4 Å². The molecule has 228 valence electrons. The third kappa shape index (κ3) is 5.99. The zero-order valence-electron chi connectivity index (χ0n) is 21.1. The van der Waals surface area contributed by atoms with E-state index in [-0.39, 0.29) is 41.1 Å². The molecular weight excluding hydrogens is 616 g/mol. The molecule has 0 saturated carbocycles. The second-order valence-corrected chi connectivity index (χ2v) is 10.1. The Morgan fingerprint density at radius 3 is 2.29 bits per heavy atom. The highest BCUT2D eigenvalue weighted by atomic mass is 35.5. The minimum atomic E-state index is -5.41. The monoisotopic (exact) mass is 633 g/mol. The number of hydrogen-bond acceptors (Lipinski definition) is 4. The van der Waals surface area contributed by atoms with Crippen LogP contribution in [0.4, 0.5) is 43.9 Å².